The fraction of sp³-hybridized carbons (Fsp3) is 0.240. The van der Waals surface area contributed by atoms with Gasteiger partial charge in [-0.05, 0) is 67.4 Å². The van der Waals surface area contributed by atoms with Gasteiger partial charge in [0, 0.05) is 16.8 Å². The largest absolute Gasteiger partial charge is 0.494 e. The van der Waals surface area contributed by atoms with Gasteiger partial charge in [0.15, 0.2) is 0 Å². The van der Waals surface area contributed by atoms with Crippen molar-refractivity contribution >= 4 is 27.3 Å². The normalized spacial score (nSPS) is 11.2. The Bertz CT molecular complexity index is 1230. The molecule has 3 aromatic rings. The molecule has 1 N–H and O–H groups in total. The number of hydrogen-bond donors (Lipinski definition) is 1. The second-order valence-electron chi connectivity index (χ2n) is 7.47. The zero-order chi connectivity index (χ0) is 24.0. The number of nitrogens with one attached hydrogen (secondary N) is 1. The van der Waals surface area contributed by atoms with Gasteiger partial charge < -0.3 is 10.1 Å². The Morgan fingerprint density at radius 2 is 1.70 bits per heavy atom. The highest BCUT2D eigenvalue weighted by molar-refractivity contribution is 7.92. The molecule has 0 spiro atoms. The van der Waals surface area contributed by atoms with Crippen molar-refractivity contribution in [3.63, 3.8) is 0 Å². The molecule has 0 aliphatic heterocycles. The number of anilines is 2. The van der Waals surface area contributed by atoms with Crippen molar-refractivity contribution in [1.82, 2.24) is 0 Å². The molecule has 0 aliphatic carbocycles. The van der Waals surface area contributed by atoms with Gasteiger partial charge in [-0.1, -0.05) is 25.1 Å². The van der Waals surface area contributed by atoms with Crippen molar-refractivity contribution < 1.29 is 22.3 Å². The molecule has 0 radical (unpaired) electrons. The third-order valence-electron chi connectivity index (χ3n) is 5.10. The van der Waals surface area contributed by atoms with Gasteiger partial charge in [0.05, 0.1) is 25.1 Å². The molecule has 0 saturated carbocycles. The van der Waals surface area contributed by atoms with Gasteiger partial charge in [-0.2, -0.15) is 0 Å². The number of carbonyl (C=O) groups excluding carboxylic acids is 1. The highest BCUT2D eigenvalue weighted by Crippen LogP contribution is 2.27. The van der Waals surface area contributed by atoms with E-state index in [4.69, 9.17) is 4.74 Å². The van der Waals surface area contributed by atoms with Crippen LogP contribution in [0.2, 0.25) is 0 Å². The van der Waals surface area contributed by atoms with E-state index in [2.05, 4.69) is 5.32 Å². The lowest BCUT2D eigenvalue weighted by Gasteiger charge is -2.24. The van der Waals surface area contributed by atoms with Crippen molar-refractivity contribution in [3.8, 4) is 5.75 Å². The summed E-state index contributed by atoms with van der Waals surface area (Å²) in [5, 5.41) is 2.92. The van der Waals surface area contributed by atoms with E-state index in [1.807, 2.05) is 38.1 Å². The maximum atomic E-state index is 13.4. The van der Waals surface area contributed by atoms with Gasteiger partial charge in [0.2, 0.25) is 10.0 Å². The first kappa shape index (κ1) is 24.3. The Kier molecular flexibility index (Phi) is 7.71. The molecule has 6 nitrogen and oxygen atoms in total. The molecule has 3 aromatic carbocycles. The van der Waals surface area contributed by atoms with Crippen LogP contribution in [-0.4, -0.2) is 27.2 Å². The SMILES string of the molecule is CCOc1ccc(C(=O)Nc2ccccc2CC)cc1CN(c1ccc(F)cc1)S(C)(=O)=O. The van der Waals surface area contributed by atoms with E-state index in [9.17, 15) is 17.6 Å². The zero-order valence-corrected chi connectivity index (χ0v) is 19.7. The lowest BCUT2D eigenvalue weighted by Crippen LogP contribution is -2.29. The molecule has 1 amide bonds. The van der Waals surface area contributed by atoms with Crippen molar-refractivity contribution in [2.45, 2.75) is 26.8 Å². The number of benzene rings is 3. The molecule has 174 valence electrons. The number of carbonyl (C=O) groups is 1. The Labute approximate surface area is 194 Å². The van der Waals surface area contributed by atoms with Gasteiger partial charge in [-0.25, -0.2) is 12.8 Å². The first-order valence-electron chi connectivity index (χ1n) is 10.6. The molecular weight excluding hydrogens is 443 g/mol. The summed E-state index contributed by atoms with van der Waals surface area (Å²) in [4.78, 5) is 13.0. The summed E-state index contributed by atoms with van der Waals surface area (Å²) in [6.45, 7) is 4.12. The van der Waals surface area contributed by atoms with Gasteiger partial charge in [0.1, 0.15) is 11.6 Å². The lowest BCUT2D eigenvalue weighted by molar-refractivity contribution is 0.102. The zero-order valence-electron chi connectivity index (χ0n) is 18.8. The van der Waals surface area contributed by atoms with Gasteiger partial charge in [-0.15, -0.1) is 0 Å². The molecular formula is C25H27FN2O4S. The summed E-state index contributed by atoms with van der Waals surface area (Å²) in [6.07, 6.45) is 1.85. The van der Waals surface area contributed by atoms with E-state index in [1.54, 1.807) is 18.2 Å². The number of nitrogens with zero attached hydrogens (tertiary/aromatic N) is 1. The lowest BCUT2D eigenvalue weighted by atomic mass is 10.1. The Balaban J connectivity index is 1.96. The molecule has 0 atom stereocenters. The second-order valence-corrected chi connectivity index (χ2v) is 9.37. The van der Waals surface area contributed by atoms with Gasteiger partial charge in [-0.3, -0.25) is 9.10 Å². The fourth-order valence-corrected chi connectivity index (χ4v) is 4.33. The summed E-state index contributed by atoms with van der Waals surface area (Å²) in [5.41, 5.74) is 2.93. The Hall–Kier alpha value is -3.39. The van der Waals surface area contributed by atoms with Crippen LogP contribution < -0.4 is 14.4 Å². The molecule has 0 aliphatic rings. The molecule has 3 rings (SSSR count). The number of halogens is 1. The van der Waals surface area contributed by atoms with E-state index in [-0.39, 0.29) is 12.5 Å². The summed E-state index contributed by atoms with van der Waals surface area (Å²) in [7, 11) is -3.70. The number of amides is 1. The molecule has 0 heterocycles. The maximum Gasteiger partial charge on any atom is 0.255 e. The summed E-state index contributed by atoms with van der Waals surface area (Å²) < 4.78 is 45.3. The number of hydrogen-bond acceptors (Lipinski definition) is 4. The van der Waals surface area contributed by atoms with Crippen LogP contribution in [0.25, 0.3) is 0 Å². The quantitative estimate of drug-likeness (QED) is 0.477. The van der Waals surface area contributed by atoms with Crippen LogP contribution in [-0.2, 0) is 23.0 Å². The van der Waals surface area contributed by atoms with Crippen molar-refractivity contribution in [1.29, 1.82) is 0 Å². The highest BCUT2D eigenvalue weighted by Gasteiger charge is 2.21. The Morgan fingerprint density at radius 3 is 2.33 bits per heavy atom. The molecule has 33 heavy (non-hydrogen) atoms. The predicted octanol–water partition coefficient (Wildman–Crippen LogP) is 5.01. The van der Waals surface area contributed by atoms with Crippen molar-refractivity contribution in [2.75, 3.05) is 22.5 Å². The second kappa shape index (κ2) is 10.5. The van der Waals surface area contributed by atoms with E-state index < -0.39 is 15.8 Å². The average molecular weight is 471 g/mol. The minimum atomic E-state index is -3.70. The molecule has 8 heteroatoms. The van der Waals surface area contributed by atoms with E-state index in [1.165, 1.54) is 24.3 Å². The van der Waals surface area contributed by atoms with Crippen LogP contribution in [0.4, 0.5) is 15.8 Å². The van der Waals surface area contributed by atoms with Crippen LogP contribution in [0.3, 0.4) is 0 Å². The van der Waals surface area contributed by atoms with Crippen LogP contribution in [0.15, 0.2) is 66.7 Å². The molecule has 0 unspecified atom stereocenters. The third kappa shape index (κ3) is 6.10. The standard InChI is InChI=1S/C25H27FN2O4S/c1-4-18-8-6-7-9-23(18)27-25(29)19-10-15-24(32-5-2)20(16-19)17-28(33(3,30)31)22-13-11-21(26)12-14-22/h6-16H,4-5,17H2,1-3H3,(H,27,29). The monoisotopic (exact) mass is 470 g/mol. The topological polar surface area (TPSA) is 75.7 Å². The first-order valence-corrected chi connectivity index (χ1v) is 12.5. The number of rotatable bonds is 9. The average Bonchev–Trinajstić information content (AvgIpc) is 2.79. The number of ether oxygens (including phenoxy) is 1. The van der Waals surface area contributed by atoms with Crippen molar-refractivity contribution in [3.05, 3.63) is 89.2 Å². The summed E-state index contributed by atoms with van der Waals surface area (Å²) >= 11 is 0. The van der Waals surface area contributed by atoms with Gasteiger partial charge in [0.25, 0.3) is 5.91 Å². The minimum Gasteiger partial charge on any atom is -0.494 e. The maximum absolute atomic E-state index is 13.4. The highest BCUT2D eigenvalue weighted by atomic mass is 32.2. The Morgan fingerprint density at radius 1 is 1.00 bits per heavy atom. The number of sulfonamides is 1. The summed E-state index contributed by atoms with van der Waals surface area (Å²) in [5.74, 6) is -0.306. The van der Waals surface area contributed by atoms with Crippen LogP contribution in [0.1, 0.15) is 35.3 Å². The van der Waals surface area contributed by atoms with E-state index in [0.717, 1.165) is 28.2 Å². The first-order chi connectivity index (χ1) is 15.7. The third-order valence-corrected chi connectivity index (χ3v) is 6.24. The number of para-hydroxylation sites is 1. The predicted molar refractivity (Wildman–Crippen MR) is 129 cm³/mol. The molecule has 0 bridgehead atoms. The van der Waals surface area contributed by atoms with Crippen LogP contribution >= 0.6 is 0 Å². The molecule has 0 saturated heterocycles. The minimum absolute atomic E-state index is 0.0769. The molecule has 0 aromatic heterocycles. The van der Waals surface area contributed by atoms with E-state index >= 15 is 0 Å². The van der Waals surface area contributed by atoms with E-state index in [0.29, 0.717) is 29.2 Å². The summed E-state index contributed by atoms with van der Waals surface area (Å²) in [6, 6.07) is 17.7. The van der Waals surface area contributed by atoms with Gasteiger partial charge >= 0.3 is 0 Å². The van der Waals surface area contributed by atoms with Crippen molar-refractivity contribution in [2.24, 2.45) is 0 Å². The fourth-order valence-electron chi connectivity index (χ4n) is 3.45. The smallest absolute Gasteiger partial charge is 0.255 e. The number of aryl methyl sites for hydroxylation is 1. The van der Waals surface area contributed by atoms with Crippen LogP contribution in [0.5, 0.6) is 5.75 Å². The van der Waals surface area contributed by atoms with Crippen LogP contribution in [0, 0.1) is 5.82 Å². The molecule has 0 fully saturated rings.